The van der Waals surface area contributed by atoms with E-state index in [2.05, 4.69) is 5.32 Å². The molecular weight excluding hydrogens is 386 g/mol. The van der Waals surface area contributed by atoms with E-state index in [0.717, 1.165) is 30.1 Å². The Kier molecular flexibility index (Phi) is 7.58. The van der Waals surface area contributed by atoms with Crippen LogP contribution in [0.1, 0.15) is 44.6 Å². The summed E-state index contributed by atoms with van der Waals surface area (Å²) in [6, 6.07) is 5.52. The molecule has 2 atom stereocenters. The van der Waals surface area contributed by atoms with Crippen molar-refractivity contribution in [2.24, 2.45) is 0 Å². The van der Waals surface area contributed by atoms with Gasteiger partial charge in [-0.15, -0.1) is 0 Å². The fourth-order valence-corrected chi connectivity index (χ4v) is 5.93. The fourth-order valence-electron chi connectivity index (χ4n) is 2.90. The Labute approximate surface area is 167 Å². The van der Waals surface area contributed by atoms with Crippen LogP contribution in [0.25, 0.3) is 0 Å². The Morgan fingerprint density at radius 2 is 2.15 bits per heavy atom. The second-order valence-corrected chi connectivity index (χ2v) is 9.40. The average molecular weight is 412 g/mol. The summed E-state index contributed by atoms with van der Waals surface area (Å²) in [5, 5.41) is 3.51. The molecule has 2 aliphatic heterocycles. The maximum Gasteiger partial charge on any atom is 0.306 e. The van der Waals surface area contributed by atoms with Crippen molar-refractivity contribution < 1.29 is 23.8 Å². The van der Waals surface area contributed by atoms with E-state index in [4.69, 9.17) is 14.2 Å². The summed E-state index contributed by atoms with van der Waals surface area (Å²) < 4.78 is 15.8. The van der Waals surface area contributed by atoms with E-state index < -0.39 is 6.10 Å². The number of carbonyl (C=O) groups excluding carboxylic acids is 2. The molecule has 1 amide bonds. The van der Waals surface area contributed by atoms with Gasteiger partial charge in [-0.2, -0.15) is 0 Å². The first kappa shape index (κ1) is 20.2. The minimum absolute atomic E-state index is 0.219. The molecule has 2 heterocycles. The van der Waals surface area contributed by atoms with Crippen molar-refractivity contribution >= 4 is 33.5 Å². The van der Waals surface area contributed by atoms with Crippen LogP contribution in [-0.4, -0.2) is 35.8 Å². The molecule has 1 aromatic carbocycles. The number of carbonyl (C=O) groups is 2. The van der Waals surface area contributed by atoms with Crippen molar-refractivity contribution in [1.82, 2.24) is 5.32 Å². The van der Waals surface area contributed by atoms with Crippen LogP contribution in [-0.2, 0) is 20.9 Å². The van der Waals surface area contributed by atoms with Crippen molar-refractivity contribution in [2.45, 2.75) is 56.9 Å². The molecule has 0 aliphatic carbocycles. The van der Waals surface area contributed by atoms with Crippen molar-refractivity contribution in [3.05, 3.63) is 23.8 Å². The Morgan fingerprint density at radius 1 is 1.30 bits per heavy atom. The predicted octanol–water partition coefficient (Wildman–Crippen LogP) is 3.68. The molecule has 27 heavy (non-hydrogen) atoms. The van der Waals surface area contributed by atoms with Gasteiger partial charge in [0.15, 0.2) is 17.6 Å². The molecular formula is C19H25NO5S2. The number of benzene rings is 1. The summed E-state index contributed by atoms with van der Waals surface area (Å²) in [7, 11) is 3.89. The van der Waals surface area contributed by atoms with Crippen LogP contribution in [0.2, 0.25) is 0 Å². The lowest BCUT2D eigenvalue weighted by Crippen LogP contribution is -2.35. The van der Waals surface area contributed by atoms with Gasteiger partial charge in [0.2, 0.25) is 6.79 Å². The van der Waals surface area contributed by atoms with Gasteiger partial charge in [-0.3, -0.25) is 9.59 Å². The van der Waals surface area contributed by atoms with Crippen LogP contribution in [0.3, 0.4) is 0 Å². The number of rotatable bonds is 9. The smallest absolute Gasteiger partial charge is 0.306 e. The maximum atomic E-state index is 12.1. The number of nitrogens with one attached hydrogen (secondary N) is 1. The largest absolute Gasteiger partial charge is 0.454 e. The molecule has 148 valence electrons. The Bertz CT molecular complexity index is 664. The molecule has 0 bridgehead atoms. The first-order valence-corrected chi connectivity index (χ1v) is 11.6. The molecule has 8 heteroatoms. The van der Waals surface area contributed by atoms with E-state index in [9.17, 15) is 9.59 Å². The molecule has 2 aliphatic rings. The molecule has 6 nitrogen and oxygen atoms in total. The van der Waals surface area contributed by atoms with Gasteiger partial charge < -0.3 is 19.5 Å². The van der Waals surface area contributed by atoms with Gasteiger partial charge >= 0.3 is 5.97 Å². The summed E-state index contributed by atoms with van der Waals surface area (Å²) in [6.45, 7) is 2.16. The normalized spacial score (nSPS) is 18.9. The van der Waals surface area contributed by atoms with Gasteiger partial charge in [-0.25, -0.2) is 0 Å². The number of amides is 1. The van der Waals surface area contributed by atoms with Crippen molar-refractivity contribution in [3.8, 4) is 11.5 Å². The molecule has 1 aromatic rings. The lowest BCUT2D eigenvalue weighted by atomic mass is 10.1. The van der Waals surface area contributed by atoms with Crippen LogP contribution in [0, 0.1) is 0 Å². The monoisotopic (exact) mass is 411 g/mol. The standard InChI is InChI=1S/C19H25NO5S2/c1-13(25-18(21)5-3-2-4-15-8-9-26-27-15)19(22)20-11-14-6-7-16-17(10-14)24-12-23-16/h6-7,10,13,15H,2-5,8-9,11-12H2,1H3,(H,20,22)/t13-,15+/m0/s1. The molecule has 1 fully saturated rings. The zero-order valence-electron chi connectivity index (χ0n) is 15.4. The summed E-state index contributed by atoms with van der Waals surface area (Å²) in [5.74, 6) is 2.00. The average Bonchev–Trinajstić information content (AvgIpc) is 3.34. The minimum Gasteiger partial charge on any atom is -0.454 e. The van der Waals surface area contributed by atoms with Crippen molar-refractivity contribution in [3.63, 3.8) is 0 Å². The number of hydrogen-bond acceptors (Lipinski definition) is 7. The molecule has 0 spiro atoms. The minimum atomic E-state index is -0.798. The first-order valence-electron chi connectivity index (χ1n) is 9.26. The van der Waals surface area contributed by atoms with E-state index in [1.165, 1.54) is 12.2 Å². The molecule has 1 saturated heterocycles. The number of ether oxygens (including phenoxy) is 3. The molecule has 0 unspecified atom stereocenters. The zero-order chi connectivity index (χ0) is 19.1. The Balaban J connectivity index is 1.31. The zero-order valence-corrected chi connectivity index (χ0v) is 17.0. The van der Waals surface area contributed by atoms with Crippen LogP contribution < -0.4 is 14.8 Å². The Hall–Kier alpha value is -1.54. The summed E-state index contributed by atoms with van der Waals surface area (Å²) >= 11 is 0. The van der Waals surface area contributed by atoms with Crippen LogP contribution in [0.4, 0.5) is 0 Å². The van der Waals surface area contributed by atoms with Crippen LogP contribution >= 0.6 is 21.6 Å². The van der Waals surface area contributed by atoms with Gasteiger partial charge in [0, 0.05) is 24.0 Å². The highest BCUT2D eigenvalue weighted by Gasteiger charge is 2.19. The summed E-state index contributed by atoms with van der Waals surface area (Å²) in [6.07, 6.45) is 3.82. The van der Waals surface area contributed by atoms with E-state index in [1.54, 1.807) is 6.92 Å². The first-order chi connectivity index (χ1) is 13.1. The summed E-state index contributed by atoms with van der Waals surface area (Å²) in [4.78, 5) is 24.1. The maximum absolute atomic E-state index is 12.1. The lowest BCUT2D eigenvalue weighted by molar-refractivity contribution is -0.155. The quantitative estimate of drug-likeness (QED) is 0.377. The fraction of sp³-hybridized carbons (Fsp3) is 0.579. The third-order valence-electron chi connectivity index (χ3n) is 4.47. The van der Waals surface area contributed by atoms with Crippen molar-refractivity contribution in [1.29, 1.82) is 0 Å². The SMILES string of the molecule is C[C@H](OC(=O)CCCC[C@@H]1CCSS1)C(=O)NCc1ccc2c(c1)OCO2. The van der Waals surface area contributed by atoms with Gasteiger partial charge in [0.25, 0.3) is 5.91 Å². The number of hydrogen-bond donors (Lipinski definition) is 1. The highest BCUT2D eigenvalue weighted by molar-refractivity contribution is 8.77. The van der Waals surface area contributed by atoms with Crippen LogP contribution in [0.15, 0.2) is 18.2 Å². The van der Waals surface area contributed by atoms with Gasteiger partial charge in [0.1, 0.15) is 0 Å². The predicted molar refractivity (Wildman–Crippen MR) is 107 cm³/mol. The number of fused-ring (bicyclic) bond motifs is 1. The third-order valence-corrected chi connectivity index (χ3v) is 7.47. The Morgan fingerprint density at radius 3 is 2.96 bits per heavy atom. The highest BCUT2D eigenvalue weighted by Crippen LogP contribution is 2.39. The lowest BCUT2D eigenvalue weighted by Gasteiger charge is -2.14. The summed E-state index contributed by atoms with van der Waals surface area (Å²) in [5.41, 5.74) is 0.897. The van der Waals surface area contributed by atoms with E-state index in [0.29, 0.717) is 24.5 Å². The second kappa shape index (κ2) is 10.1. The molecule has 0 radical (unpaired) electrons. The van der Waals surface area contributed by atoms with Gasteiger partial charge in [-0.1, -0.05) is 34.1 Å². The van der Waals surface area contributed by atoms with E-state index in [1.807, 2.05) is 39.8 Å². The second-order valence-electron chi connectivity index (χ2n) is 6.61. The highest BCUT2D eigenvalue weighted by atomic mass is 33.1. The third kappa shape index (κ3) is 6.24. The van der Waals surface area contributed by atoms with Crippen molar-refractivity contribution in [2.75, 3.05) is 12.5 Å². The molecule has 0 saturated carbocycles. The molecule has 1 N–H and O–H groups in total. The van der Waals surface area contributed by atoms with E-state index >= 15 is 0 Å². The van der Waals surface area contributed by atoms with Crippen LogP contribution in [0.5, 0.6) is 11.5 Å². The van der Waals surface area contributed by atoms with Gasteiger partial charge in [-0.05, 0) is 43.9 Å². The van der Waals surface area contributed by atoms with Gasteiger partial charge in [0.05, 0.1) is 0 Å². The number of esters is 1. The number of unbranched alkanes of at least 4 members (excludes halogenated alkanes) is 1. The topological polar surface area (TPSA) is 73.9 Å². The van der Waals surface area contributed by atoms with E-state index in [-0.39, 0.29) is 18.7 Å². The molecule has 0 aromatic heterocycles. The molecule has 3 rings (SSSR count).